The standard InChI is InChI=1S/C30H33N3O4/c1-36-28(34)19-25-18-26(33(30(25)35)17-5-8-21-6-3-2-4-7-21)20-37-27-15-13-23(14-16-27)22-9-11-24(12-10-22)29(31)32/h2-4,6-7,9-16,25-26H,5,8,17-20H2,1H3,(H3,31,32)/t25-,26-/m1/s1. The summed E-state index contributed by atoms with van der Waals surface area (Å²) in [4.78, 5) is 26.9. The number of nitrogens with two attached hydrogens (primary N) is 1. The Morgan fingerprint density at radius 1 is 1.00 bits per heavy atom. The Bertz CT molecular complexity index is 1210. The summed E-state index contributed by atoms with van der Waals surface area (Å²) in [5, 5.41) is 7.53. The number of aryl methyl sites for hydroxylation is 1. The molecule has 1 fully saturated rings. The molecule has 1 saturated heterocycles. The quantitative estimate of drug-likeness (QED) is 0.231. The molecule has 1 aliphatic heterocycles. The zero-order valence-electron chi connectivity index (χ0n) is 21.1. The first-order valence-electron chi connectivity index (χ1n) is 12.5. The van der Waals surface area contributed by atoms with E-state index in [1.54, 1.807) is 0 Å². The number of esters is 1. The first kappa shape index (κ1) is 25.9. The third-order valence-electron chi connectivity index (χ3n) is 6.80. The normalized spacial score (nSPS) is 17.0. The SMILES string of the molecule is COC(=O)C[C@H]1C[C@H](COc2ccc(-c3ccc(C(=N)N)cc3)cc2)N(CCCc2ccccc2)C1=O. The average molecular weight is 500 g/mol. The van der Waals surface area contributed by atoms with E-state index in [4.69, 9.17) is 20.6 Å². The summed E-state index contributed by atoms with van der Waals surface area (Å²) in [7, 11) is 1.35. The van der Waals surface area contributed by atoms with Crippen LogP contribution in [0.3, 0.4) is 0 Å². The second kappa shape index (κ2) is 12.2. The molecule has 37 heavy (non-hydrogen) atoms. The van der Waals surface area contributed by atoms with Crippen LogP contribution < -0.4 is 10.5 Å². The highest BCUT2D eigenvalue weighted by atomic mass is 16.5. The van der Waals surface area contributed by atoms with Gasteiger partial charge in [-0.05, 0) is 48.1 Å². The zero-order chi connectivity index (χ0) is 26.2. The lowest BCUT2D eigenvalue weighted by atomic mass is 10.0. The van der Waals surface area contributed by atoms with E-state index in [2.05, 4.69) is 12.1 Å². The maximum Gasteiger partial charge on any atom is 0.306 e. The van der Waals surface area contributed by atoms with Crippen molar-refractivity contribution < 1.29 is 19.1 Å². The number of carbonyl (C=O) groups is 2. The molecule has 3 aromatic carbocycles. The molecule has 0 unspecified atom stereocenters. The maximum atomic E-state index is 13.1. The number of amides is 1. The van der Waals surface area contributed by atoms with Crippen molar-refractivity contribution in [1.29, 1.82) is 5.41 Å². The average Bonchev–Trinajstić information content (AvgIpc) is 3.22. The number of amidine groups is 1. The molecule has 4 rings (SSSR count). The second-order valence-electron chi connectivity index (χ2n) is 9.31. The van der Waals surface area contributed by atoms with Gasteiger partial charge >= 0.3 is 5.97 Å². The molecule has 0 aliphatic carbocycles. The molecule has 0 spiro atoms. The molecule has 0 saturated carbocycles. The van der Waals surface area contributed by atoms with Gasteiger partial charge in [0.05, 0.1) is 25.5 Å². The Morgan fingerprint density at radius 2 is 1.65 bits per heavy atom. The molecule has 3 aromatic rings. The minimum atomic E-state index is -0.377. The van der Waals surface area contributed by atoms with Crippen molar-refractivity contribution in [3.63, 3.8) is 0 Å². The predicted molar refractivity (Wildman–Crippen MR) is 143 cm³/mol. The van der Waals surface area contributed by atoms with Crippen molar-refractivity contribution in [2.75, 3.05) is 20.3 Å². The lowest BCUT2D eigenvalue weighted by Gasteiger charge is -2.25. The largest absolute Gasteiger partial charge is 0.491 e. The number of ether oxygens (including phenoxy) is 2. The zero-order valence-corrected chi connectivity index (χ0v) is 21.1. The summed E-state index contributed by atoms with van der Waals surface area (Å²) in [6.07, 6.45) is 2.39. The van der Waals surface area contributed by atoms with E-state index in [9.17, 15) is 9.59 Å². The lowest BCUT2D eigenvalue weighted by molar-refractivity contribution is -0.144. The van der Waals surface area contributed by atoms with Gasteiger partial charge in [0.15, 0.2) is 0 Å². The molecule has 0 aromatic heterocycles. The molecule has 1 heterocycles. The van der Waals surface area contributed by atoms with Gasteiger partial charge in [-0.15, -0.1) is 0 Å². The highest BCUT2D eigenvalue weighted by Crippen LogP contribution is 2.29. The Labute approximate surface area is 217 Å². The van der Waals surface area contributed by atoms with Crippen molar-refractivity contribution in [2.24, 2.45) is 11.7 Å². The van der Waals surface area contributed by atoms with Crippen LogP contribution in [0.1, 0.15) is 30.4 Å². The van der Waals surface area contributed by atoms with Crippen LogP contribution in [-0.2, 0) is 20.7 Å². The van der Waals surface area contributed by atoms with Crippen LogP contribution in [0.2, 0.25) is 0 Å². The summed E-state index contributed by atoms with van der Waals surface area (Å²) in [6, 6.07) is 25.4. The fraction of sp³-hybridized carbons (Fsp3) is 0.300. The number of likely N-dealkylation sites (tertiary alicyclic amines) is 1. The van der Waals surface area contributed by atoms with Gasteiger partial charge in [-0.3, -0.25) is 15.0 Å². The van der Waals surface area contributed by atoms with Crippen molar-refractivity contribution in [2.45, 2.75) is 31.7 Å². The molecular formula is C30H33N3O4. The molecule has 7 nitrogen and oxygen atoms in total. The van der Waals surface area contributed by atoms with Crippen LogP contribution in [0.25, 0.3) is 11.1 Å². The summed E-state index contributed by atoms with van der Waals surface area (Å²) >= 11 is 0. The van der Waals surface area contributed by atoms with Gasteiger partial charge in [-0.2, -0.15) is 0 Å². The highest BCUT2D eigenvalue weighted by molar-refractivity contribution is 5.95. The van der Waals surface area contributed by atoms with Gasteiger partial charge < -0.3 is 20.1 Å². The number of hydrogen-bond acceptors (Lipinski definition) is 5. The fourth-order valence-corrected chi connectivity index (χ4v) is 4.75. The third kappa shape index (κ3) is 6.76. The number of nitrogen functional groups attached to an aromatic ring is 1. The minimum absolute atomic E-state index is 0.00332. The topological polar surface area (TPSA) is 106 Å². The summed E-state index contributed by atoms with van der Waals surface area (Å²) in [5.41, 5.74) is 9.51. The Hall–Kier alpha value is -4.13. The van der Waals surface area contributed by atoms with E-state index < -0.39 is 0 Å². The number of methoxy groups -OCH3 is 1. The monoisotopic (exact) mass is 499 g/mol. The maximum absolute atomic E-state index is 13.1. The van der Waals surface area contributed by atoms with E-state index in [1.807, 2.05) is 71.6 Å². The number of nitrogens with one attached hydrogen (secondary N) is 1. The van der Waals surface area contributed by atoms with Crippen LogP contribution in [-0.4, -0.2) is 48.9 Å². The molecule has 2 atom stereocenters. The van der Waals surface area contributed by atoms with E-state index in [0.717, 1.165) is 29.7 Å². The Kier molecular flexibility index (Phi) is 8.56. The van der Waals surface area contributed by atoms with Crippen LogP contribution >= 0.6 is 0 Å². The van der Waals surface area contributed by atoms with Crippen molar-refractivity contribution in [3.8, 4) is 16.9 Å². The Balaban J connectivity index is 1.38. The fourth-order valence-electron chi connectivity index (χ4n) is 4.75. The first-order chi connectivity index (χ1) is 17.9. The van der Waals surface area contributed by atoms with E-state index >= 15 is 0 Å². The smallest absolute Gasteiger partial charge is 0.306 e. The number of benzene rings is 3. The molecule has 1 amide bonds. The molecule has 1 aliphatic rings. The van der Waals surface area contributed by atoms with Gasteiger partial charge in [0.2, 0.25) is 5.91 Å². The number of hydrogen-bond donors (Lipinski definition) is 2. The second-order valence-corrected chi connectivity index (χ2v) is 9.31. The van der Waals surface area contributed by atoms with E-state index in [1.165, 1.54) is 12.7 Å². The molecule has 0 radical (unpaired) electrons. The lowest BCUT2D eigenvalue weighted by Crippen LogP contribution is -2.38. The van der Waals surface area contributed by atoms with Gasteiger partial charge in [-0.25, -0.2) is 0 Å². The first-order valence-corrected chi connectivity index (χ1v) is 12.5. The van der Waals surface area contributed by atoms with E-state index in [-0.39, 0.29) is 36.1 Å². The van der Waals surface area contributed by atoms with Crippen LogP contribution in [0.15, 0.2) is 78.9 Å². The van der Waals surface area contributed by atoms with Crippen molar-refractivity contribution >= 4 is 17.7 Å². The molecule has 192 valence electrons. The number of nitrogens with zero attached hydrogens (tertiary/aromatic N) is 1. The van der Waals surface area contributed by atoms with Crippen LogP contribution in [0.4, 0.5) is 0 Å². The van der Waals surface area contributed by atoms with Crippen LogP contribution in [0.5, 0.6) is 5.75 Å². The van der Waals surface area contributed by atoms with Crippen LogP contribution in [0, 0.1) is 11.3 Å². The highest BCUT2D eigenvalue weighted by Gasteiger charge is 2.40. The van der Waals surface area contributed by atoms with Gasteiger partial charge in [-0.1, -0.05) is 66.7 Å². The summed E-state index contributed by atoms with van der Waals surface area (Å²) in [6.45, 7) is 0.982. The molecule has 3 N–H and O–H groups in total. The number of carbonyl (C=O) groups excluding carboxylic acids is 2. The van der Waals surface area contributed by atoms with Crippen molar-refractivity contribution in [3.05, 3.63) is 90.0 Å². The molecule has 7 heteroatoms. The molecular weight excluding hydrogens is 466 g/mol. The van der Waals surface area contributed by atoms with Crippen molar-refractivity contribution in [1.82, 2.24) is 4.90 Å². The van der Waals surface area contributed by atoms with E-state index in [0.29, 0.717) is 25.1 Å². The van der Waals surface area contributed by atoms with Gasteiger partial charge in [0.1, 0.15) is 18.2 Å². The number of rotatable bonds is 11. The predicted octanol–water partition coefficient (Wildman–Crippen LogP) is 4.43. The summed E-state index contributed by atoms with van der Waals surface area (Å²) in [5.74, 6) is 0.0199. The minimum Gasteiger partial charge on any atom is -0.491 e. The summed E-state index contributed by atoms with van der Waals surface area (Å²) < 4.78 is 10.9. The Morgan fingerprint density at radius 3 is 2.27 bits per heavy atom. The molecule has 0 bridgehead atoms. The van der Waals surface area contributed by atoms with Gasteiger partial charge in [0, 0.05) is 12.1 Å². The third-order valence-corrected chi connectivity index (χ3v) is 6.80. The van der Waals surface area contributed by atoms with Gasteiger partial charge in [0.25, 0.3) is 0 Å².